The third kappa shape index (κ3) is 5.77. The molecule has 1 N–H and O–H groups in total. The van der Waals surface area contributed by atoms with Gasteiger partial charge >= 0.3 is 6.18 Å². The number of carbonyl (C=O) groups is 1. The summed E-state index contributed by atoms with van der Waals surface area (Å²) < 4.78 is 60.2. The molecule has 0 saturated carbocycles. The van der Waals surface area contributed by atoms with Crippen LogP contribution in [0.25, 0.3) is 0 Å². The number of pyridine rings is 1. The van der Waals surface area contributed by atoms with Gasteiger partial charge in [-0.15, -0.1) is 0 Å². The van der Waals surface area contributed by atoms with E-state index in [1.165, 1.54) is 0 Å². The summed E-state index contributed by atoms with van der Waals surface area (Å²) in [7, 11) is 0. The molecular formula is C12H11F5N2O. The summed E-state index contributed by atoms with van der Waals surface area (Å²) in [6.45, 7) is 0. The van der Waals surface area contributed by atoms with E-state index in [1.807, 2.05) is 0 Å². The molecule has 0 aromatic carbocycles. The number of amides is 1. The molecule has 0 aliphatic rings. The van der Waals surface area contributed by atoms with Gasteiger partial charge < -0.3 is 5.32 Å². The topological polar surface area (TPSA) is 42.0 Å². The van der Waals surface area contributed by atoms with Crippen molar-refractivity contribution >= 4 is 11.7 Å². The van der Waals surface area contributed by atoms with Crippen molar-refractivity contribution in [2.45, 2.75) is 25.4 Å². The van der Waals surface area contributed by atoms with Crippen LogP contribution in [-0.4, -0.2) is 10.9 Å². The molecule has 8 heteroatoms. The summed E-state index contributed by atoms with van der Waals surface area (Å²) in [5.41, 5.74) is -0.918. The number of rotatable bonds is 5. The number of nitrogens with one attached hydrogen (secondary N) is 1. The van der Waals surface area contributed by atoms with Crippen molar-refractivity contribution in [2.24, 2.45) is 0 Å². The number of hydrogen-bond donors (Lipinski definition) is 1. The summed E-state index contributed by atoms with van der Waals surface area (Å²) in [5.74, 6) is -0.514. The molecule has 1 aromatic rings. The molecule has 3 nitrogen and oxygen atoms in total. The van der Waals surface area contributed by atoms with Crippen LogP contribution in [0.4, 0.5) is 27.8 Å². The highest BCUT2D eigenvalue weighted by atomic mass is 19.4. The zero-order chi connectivity index (χ0) is 15.2. The largest absolute Gasteiger partial charge is 0.417 e. The van der Waals surface area contributed by atoms with Crippen molar-refractivity contribution in [3.8, 4) is 0 Å². The molecule has 0 atom stereocenters. The van der Waals surface area contributed by atoms with Crippen LogP contribution < -0.4 is 5.32 Å². The lowest BCUT2D eigenvalue weighted by atomic mass is 10.2. The van der Waals surface area contributed by atoms with E-state index in [-0.39, 0.29) is 25.1 Å². The van der Waals surface area contributed by atoms with Crippen molar-refractivity contribution in [2.75, 3.05) is 5.32 Å². The Morgan fingerprint density at radius 2 is 2.00 bits per heavy atom. The quantitative estimate of drug-likeness (QED) is 0.659. The number of halogens is 5. The maximum atomic E-state index is 12.3. The van der Waals surface area contributed by atoms with Gasteiger partial charge in [0.15, 0.2) is 0 Å². The first-order chi connectivity index (χ1) is 9.29. The van der Waals surface area contributed by atoms with Gasteiger partial charge in [0.2, 0.25) is 5.91 Å². The molecule has 1 aromatic heterocycles. The van der Waals surface area contributed by atoms with Crippen LogP contribution in [0.15, 0.2) is 30.5 Å². The summed E-state index contributed by atoms with van der Waals surface area (Å²) in [6, 6.07) is 1.83. The Balaban J connectivity index is 2.44. The highest BCUT2D eigenvalue weighted by molar-refractivity contribution is 5.89. The Labute approximate surface area is 111 Å². The number of hydrogen-bond acceptors (Lipinski definition) is 2. The first-order valence-electron chi connectivity index (χ1n) is 5.63. The highest BCUT2D eigenvalue weighted by Gasteiger charge is 2.30. The summed E-state index contributed by atoms with van der Waals surface area (Å²) in [4.78, 5) is 14.8. The van der Waals surface area contributed by atoms with Gasteiger partial charge in [-0.05, 0) is 31.1 Å². The number of carbonyl (C=O) groups excluding carboxylic acids is 1. The van der Waals surface area contributed by atoms with Gasteiger partial charge in [0, 0.05) is 12.6 Å². The van der Waals surface area contributed by atoms with E-state index in [4.69, 9.17) is 0 Å². The molecule has 20 heavy (non-hydrogen) atoms. The fraction of sp³-hybridized carbons (Fsp3) is 0.333. The minimum atomic E-state index is -4.49. The minimum absolute atomic E-state index is 0.0183. The maximum absolute atomic E-state index is 12.3. The summed E-state index contributed by atoms with van der Waals surface area (Å²) in [6.07, 6.45) is -4.75. The van der Waals surface area contributed by atoms with Crippen molar-refractivity contribution in [1.29, 1.82) is 0 Å². The molecule has 0 bridgehead atoms. The zero-order valence-corrected chi connectivity index (χ0v) is 10.2. The maximum Gasteiger partial charge on any atom is 0.417 e. The Kier molecular flexibility index (Phi) is 5.60. The van der Waals surface area contributed by atoms with Gasteiger partial charge in [0.25, 0.3) is 6.08 Å². The average Bonchev–Trinajstić information content (AvgIpc) is 2.34. The lowest BCUT2D eigenvalue weighted by Gasteiger charge is -2.07. The van der Waals surface area contributed by atoms with Crippen molar-refractivity contribution < 1.29 is 26.7 Å². The molecule has 1 amide bonds. The van der Waals surface area contributed by atoms with Crippen molar-refractivity contribution in [3.05, 3.63) is 36.0 Å². The lowest BCUT2D eigenvalue weighted by Crippen LogP contribution is -2.13. The zero-order valence-electron chi connectivity index (χ0n) is 10.2. The molecule has 0 fully saturated rings. The van der Waals surface area contributed by atoms with Crippen LogP contribution in [0, 0.1) is 0 Å². The van der Waals surface area contributed by atoms with Crippen LogP contribution in [0.2, 0.25) is 0 Å². The number of nitrogens with zero attached hydrogens (tertiary/aromatic N) is 1. The van der Waals surface area contributed by atoms with Crippen LogP contribution in [0.5, 0.6) is 0 Å². The van der Waals surface area contributed by atoms with Crippen molar-refractivity contribution in [1.82, 2.24) is 4.98 Å². The number of allylic oxidation sites excluding steroid dienone is 1. The monoisotopic (exact) mass is 294 g/mol. The number of aromatic nitrogens is 1. The Morgan fingerprint density at radius 1 is 1.30 bits per heavy atom. The van der Waals surface area contributed by atoms with Crippen LogP contribution in [0.1, 0.15) is 24.8 Å². The van der Waals surface area contributed by atoms with Gasteiger partial charge in [-0.2, -0.15) is 22.0 Å². The highest BCUT2D eigenvalue weighted by Crippen LogP contribution is 2.28. The molecule has 0 aliphatic carbocycles. The van der Waals surface area contributed by atoms with Gasteiger partial charge in [-0.3, -0.25) is 4.79 Å². The van der Waals surface area contributed by atoms with E-state index in [2.05, 4.69) is 10.3 Å². The van der Waals surface area contributed by atoms with Crippen molar-refractivity contribution in [3.63, 3.8) is 0 Å². The fourth-order valence-corrected chi connectivity index (χ4v) is 1.31. The molecule has 110 valence electrons. The fourth-order valence-electron chi connectivity index (χ4n) is 1.31. The molecule has 0 saturated heterocycles. The van der Waals surface area contributed by atoms with Gasteiger partial charge in [0.05, 0.1) is 5.56 Å². The van der Waals surface area contributed by atoms with E-state index in [9.17, 15) is 26.7 Å². The second-order valence-corrected chi connectivity index (χ2v) is 3.86. The minimum Gasteiger partial charge on any atom is -0.311 e. The molecule has 0 unspecified atom stereocenters. The molecular weight excluding hydrogens is 283 g/mol. The smallest absolute Gasteiger partial charge is 0.311 e. The third-order valence-corrected chi connectivity index (χ3v) is 2.26. The van der Waals surface area contributed by atoms with E-state index in [0.29, 0.717) is 12.3 Å². The average molecular weight is 294 g/mol. The molecule has 0 spiro atoms. The number of anilines is 1. The van der Waals surface area contributed by atoms with E-state index < -0.39 is 23.7 Å². The first-order valence-corrected chi connectivity index (χ1v) is 5.63. The standard InChI is InChI=1S/C12H11F5N2O/c13-9(14)3-1-2-4-11(20)19-10-6-5-8(7-18-10)12(15,16)17/h3,5-7H,1-2,4H2,(H,18,19,20). The predicted molar refractivity (Wildman–Crippen MR) is 62.0 cm³/mol. The molecule has 0 aliphatic heterocycles. The normalized spacial score (nSPS) is 11.1. The third-order valence-electron chi connectivity index (χ3n) is 2.26. The Hall–Kier alpha value is -1.99. The molecule has 0 radical (unpaired) electrons. The predicted octanol–water partition coefficient (Wildman–Crippen LogP) is 3.99. The van der Waals surface area contributed by atoms with Crippen LogP contribution >= 0.6 is 0 Å². The Bertz CT molecular complexity index is 478. The van der Waals surface area contributed by atoms with Gasteiger partial charge in [0.1, 0.15) is 5.82 Å². The summed E-state index contributed by atoms with van der Waals surface area (Å²) in [5, 5.41) is 2.28. The van der Waals surface area contributed by atoms with E-state index in [1.54, 1.807) is 0 Å². The Morgan fingerprint density at radius 3 is 2.50 bits per heavy atom. The van der Waals surface area contributed by atoms with Gasteiger partial charge in [-0.25, -0.2) is 4.98 Å². The van der Waals surface area contributed by atoms with E-state index in [0.717, 1.165) is 12.1 Å². The van der Waals surface area contributed by atoms with Crippen LogP contribution in [0.3, 0.4) is 0 Å². The first kappa shape index (κ1) is 16.1. The summed E-state index contributed by atoms with van der Waals surface area (Å²) >= 11 is 0. The van der Waals surface area contributed by atoms with E-state index >= 15 is 0 Å². The lowest BCUT2D eigenvalue weighted by molar-refractivity contribution is -0.137. The molecule has 1 heterocycles. The molecule has 1 rings (SSSR count). The second-order valence-electron chi connectivity index (χ2n) is 3.86. The number of unbranched alkanes of at least 4 members (excludes halogenated alkanes) is 1. The number of alkyl halides is 3. The second kappa shape index (κ2) is 6.97. The SMILES string of the molecule is O=C(CCCC=C(F)F)Nc1ccc(C(F)(F)F)cn1. The van der Waals surface area contributed by atoms with Gasteiger partial charge in [-0.1, -0.05) is 0 Å². The van der Waals surface area contributed by atoms with Crippen LogP contribution in [-0.2, 0) is 11.0 Å².